The average Bonchev–Trinajstić information content (AvgIpc) is 3.29. The van der Waals surface area contributed by atoms with E-state index in [2.05, 4.69) is 31.1 Å². The van der Waals surface area contributed by atoms with Gasteiger partial charge in [0.25, 0.3) is 0 Å². The molecule has 138 valence electrons. The molecule has 4 rings (SSSR count). The number of aryl methyl sites for hydroxylation is 1. The molecule has 0 aliphatic carbocycles. The highest BCUT2D eigenvalue weighted by Gasteiger charge is 2.20. The molecule has 3 aromatic heterocycles. The Balaban J connectivity index is 1.78. The van der Waals surface area contributed by atoms with E-state index in [0.29, 0.717) is 17.5 Å². The minimum atomic E-state index is -0.483. The molecule has 1 atom stereocenters. The Labute approximate surface area is 154 Å². The highest BCUT2D eigenvalue weighted by Crippen LogP contribution is 2.24. The molecule has 1 unspecified atom stereocenters. The Bertz CT molecular complexity index is 1060. The summed E-state index contributed by atoms with van der Waals surface area (Å²) in [5.41, 5.74) is 5.38. The molecular formula is C18H18FN7O. The Hall–Kier alpha value is -3.30. The van der Waals surface area contributed by atoms with Crippen molar-refractivity contribution in [1.82, 2.24) is 30.3 Å². The van der Waals surface area contributed by atoms with Gasteiger partial charge in [-0.25, -0.2) is 13.9 Å². The summed E-state index contributed by atoms with van der Waals surface area (Å²) in [4.78, 5) is 9.79. The number of fused-ring (bicyclic) bond motifs is 1. The number of hydrogen-bond donors (Lipinski definition) is 3. The molecule has 9 heteroatoms. The number of aromatic amines is 1. The van der Waals surface area contributed by atoms with Crippen LogP contribution in [0.2, 0.25) is 0 Å². The van der Waals surface area contributed by atoms with Crippen molar-refractivity contribution in [3.05, 3.63) is 71.6 Å². The first-order valence-corrected chi connectivity index (χ1v) is 8.32. The second kappa shape index (κ2) is 7.14. The first-order valence-electron chi connectivity index (χ1n) is 8.32. The zero-order valence-electron chi connectivity index (χ0n) is 14.8. The third-order valence-corrected chi connectivity index (χ3v) is 4.06. The van der Waals surface area contributed by atoms with Crippen molar-refractivity contribution < 1.29 is 9.23 Å². The summed E-state index contributed by atoms with van der Waals surface area (Å²) in [5.74, 6) is 1.40. The molecule has 27 heavy (non-hydrogen) atoms. The molecule has 0 radical (unpaired) electrons. The highest BCUT2D eigenvalue weighted by atomic mass is 19.1. The number of aromatic nitrogens is 5. The lowest BCUT2D eigenvalue weighted by atomic mass is 10.1. The fraction of sp³-hybridized carbons (Fsp3) is 0.167. The number of halogens is 1. The summed E-state index contributed by atoms with van der Waals surface area (Å²) < 4.78 is 15.0. The van der Waals surface area contributed by atoms with E-state index in [9.17, 15) is 4.39 Å². The molecule has 3 N–H and O–H groups in total. The highest BCUT2D eigenvalue weighted by molar-refractivity contribution is 5.72. The summed E-state index contributed by atoms with van der Waals surface area (Å²) in [6, 6.07) is 11.3. The minimum absolute atomic E-state index is 0.312. The van der Waals surface area contributed by atoms with E-state index in [4.69, 9.17) is 4.84 Å². The van der Waals surface area contributed by atoms with Gasteiger partial charge >= 0.3 is 0 Å². The molecule has 0 aliphatic heterocycles. The standard InChI is InChI=1S/C18H18FN7O/c1-11-10-15(23-22-11)20-17-14-4-3-9-26(14)24-18(21-17)16(25-27-2)12-5-7-13(19)8-6-12/h3-10,16,25H,1-2H3,(H2,20,21,22,23,24). The summed E-state index contributed by atoms with van der Waals surface area (Å²) in [6.45, 7) is 1.92. The molecule has 0 spiro atoms. The van der Waals surface area contributed by atoms with Crippen LogP contribution in [0.5, 0.6) is 0 Å². The number of H-pyrrole nitrogens is 1. The van der Waals surface area contributed by atoms with Gasteiger partial charge in [-0.15, -0.1) is 0 Å². The van der Waals surface area contributed by atoms with Crippen LogP contribution >= 0.6 is 0 Å². The maximum Gasteiger partial charge on any atom is 0.175 e. The van der Waals surface area contributed by atoms with Crippen LogP contribution in [-0.4, -0.2) is 31.9 Å². The van der Waals surface area contributed by atoms with Crippen LogP contribution in [0.1, 0.15) is 23.1 Å². The fourth-order valence-electron chi connectivity index (χ4n) is 2.81. The first kappa shape index (κ1) is 17.1. The SMILES string of the molecule is CONC(c1ccc(F)cc1)c1nc(Nc2cc(C)[nH]n2)c2cccn2n1. The average molecular weight is 367 g/mol. The molecule has 0 bridgehead atoms. The van der Waals surface area contributed by atoms with Gasteiger partial charge in [0.2, 0.25) is 0 Å². The monoisotopic (exact) mass is 367 g/mol. The van der Waals surface area contributed by atoms with Crippen LogP contribution in [0.15, 0.2) is 48.7 Å². The molecule has 3 heterocycles. The van der Waals surface area contributed by atoms with Crippen molar-refractivity contribution in [2.75, 3.05) is 12.4 Å². The van der Waals surface area contributed by atoms with Crippen molar-refractivity contribution in [2.45, 2.75) is 13.0 Å². The van der Waals surface area contributed by atoms with Gasteiger partial charge in [-0.1, -0.05) is 12.1 Å². The van der Waals surface area contributed by atoms with Gasteiger partial charge in [-0.05, 0) is 36.8 Å². The Morgan fingerprint density at radius 3 is 2.74 bits per heavy atom. The van der Waals surface area contributed by atoms with Crippen molar-refractivity contribution in [1.29, 1.82) is 0 Å². The summed E-state index contributed by atoms with van der Waals surface area (Å²) >= 11 is 0. The van der Waals surface area contributed by atoms with E-state index in [-0.39, 0.29) is 5.82 Å². The summed E-state index contributed by atoms with van der Waals surface area (Å²) in [6.07, 6.45) is 1.83. The maximum atomic E-state index is 13.3. The van der Waals surface area contributed by atoms with Gasteiger partial charge in [-0.2, -0.15) is 15.7 Å². The van der Waals surface area contributed by atoms with Gasteiger partial charge in [-0.3, -0.25) is 5.10 Å². The normalized spacial score (nSPS) is 12.4. The van der Waals surface area contributed by atoms with E-state index in [0.717, 1.165) is 16.8 Å². The van der Waals surface area contributed by atoms with E-state index in [1.807, 2.05) is 31.3 Å². The number of hydrogen-bond acceptors (Lipinski definition) is 6. The van der Waals surface area contributed by atoms with Crippen molar-refractivity contribution in [3.8, 4) is 0 Å². The van der Waals surface area contributed by atoms with E-state index in [1.54, 1.807) is 16.6 Å². The van der Waals surface area contributed by atoms with Gasteiger partial charge in [0, 0.05) is 18.0 Å². The van der Waals surface area contributed by atoms with E-state index >= 15 is 0 Å². The Morgan fingerprint density at radius 1 is 1.22 bits per heavy atom. The molecule has 0 saturated carbocycles. The van der Waals surface area contributed by atoms with Crippen LogP contribution in [0.3, 0.4) is 0 Å². The summed E-state index contributed by atoms with van der Waals surface area (Å²) in [5, 5.41) is 14.9. The Morgan fingerprint density at radius 2 is 2.04 bits per heavy atom. The van der Waals surface area contributed by atoms with Gasteiger partial charge in [0.15, 0.2) is 17.5 Å². The fourth-order valence-corrected chi connectivity index (χ4v) is 2.81. The number of hydroxylamine groups is 1. The second-order valence-electron chi connectivity index (χ2n) is 6.02. The predicted octanol–water partition coefficient (Wildman–Crippen LogP) is 2.88. The Kier molecular flexibility index (Phi) is 4.53. The van der Waals surface area contributed by atoms with E-state index < -0.39 is 6.04 Å². The number of benzene rings is 1. The van der Waals surface area contributed by atoms with Gasteiger partial charge in [0.05, 0.1) is 7.11 Å². The maximum absolute atomic E-state index is 13.3. The molecule has 0 aliphatic rings. The van der Waals surface area contributed by atoms with Crippen LogP contribution in [0.4, 0.5) is 16.0 Å². The quantitative estimate of drug-likeness (QED) is 0.454. The number of rotatable bonds is 6. The lowest BCUT2D eigenvalue weighted by Gasteiger charge is -2.17. The van der Waals surface area contributed by atoms with Crippen molar-refractivity contribution in [3.63, 3.8) is 0 Å². The van der Waals surface area contributed by atoms with Gasteiger partial charge in [0.1, 0.15) is 17.4 Å². The summed E-state index contributed by atoms with van der Waals surface area (Å²) in [7, 11) is 1.51. The van der Waals surface area contributed by atoms with E-state index in [1.165, 1.54) is 19.2 Å². The molecule has 0 amide bonds. The first-order chi connectivity index (χ1) is 13.1. The predicted molar refractivity (Wildman–Crippen MR) is 98.0 cm³/mol. The lowest BCUT2D eigenvalue weighted by Crippen LogP contribution is -2.24. The van der Waals surface area contributed by atoms with Crippen LogP contribution in [-0.2, 0) is 4.84 Å². The van der Waals surface area contributed by atoms with Crippen LogP contribution in [0.25, 0.3) is 5.52 Å². The molecule has 0 fully saturated rings. The van der Waals surface area contributed by atoms with Gasteiger partial charge < -0.3 is 10.2 Å². The molecule has 1 aromatic carbocycles. The lowest BCUT2D eigenvalue weighted by molar-refractivity contribution is 0.0690. The third-order valence-electron chi connectivity index (χ3n) is 4.06. The number of nitrogens with one attached hydrogen (secondary N) is 3. The minimum Gasteiger partial charge on any atom is -0.322 e. The van der Waals surface area contributed by atoms with Crippen LogP contribution < -0.4 is 10.8 Å². The molecule has 8 nitrogen and oxygen atoms in total. The molecule has 0 saturated heterocycles. The number of nitrogens with zero attached hydrogens (tertiary/aromatic N) is 4. The second-order valence-corrected chi connectivity index (χ2v) is 6.02. The van der Waals surface area contributed by atoms with Crippen molar-refractivity contribution in [2.24, 2.45) is 0 Å². The van der Waals surface area contributed by atoms with Crippen LogP contribution in [0, 0.1) is 12.7 Å². The number of anilines is 2. The molecule has 4 aromatic rings. The third kappa shape index (κ3) is 3.50. The topological polar surface area (TPSA) is 92.2 Å². The largest absolute Gasteiger partial charge is 0.322 e. The zero-order chi connectivity index (χ0) is 18.8. The zero-order valence-corrected chi connectivity index (χ0v) is 14.8. The van der Waals surface area contributed by atoms with Crippen molar-refractivity contribution >= 4 is 17.2 Å². The molecular weight excluding hydrogens is 349 g/mol. The smallest absolute Gasteiger partial charge is 0.175 e.